The van der Waals surface area contributed by atoms with Crippen molar-refractivity contribution in [1.82, 2.24) is 4.90 Å². The first-order valence-electron chi connectivity index (χ1n) is 6.76. The molecule has 0 aliphatic heterocycles. The van der Waals surface area contributed by atoms with Crippen LogP contribution in [0.4, 0.5) is 0 Å². The molecule has 0 aliphatic rings. The van der Waals surface area contributed by atoms with E-state index in [4.69, 9.17) is 11.5 Å². The molecule has 0 heterocycles. The third-order valence-corrected chi connectivity index (χ3v) is 2.86. The molecule has 1 rings (SSSR count). The Morgan fingerprint density at radius 1 is 1.20 bits per heavy atom. The second-order valence-corrected chi connectivity index (χ2v) is 5.38. The lowest BCUT2D eigenvalue weighted by molar-refractivity contribution is -0.136. The summed E-state index contributed by atoms with van der Waals surface area (Å²) in [6.07, 6.45) is 0.451. The molecule has 0 saturated carbocycles. The van der Waals surface area contributed by atoms with Gasteiger partial charge >= 0.3 is 0 Å². The lowest BCUT2D eigenvalue weighted by Crippen LogP contribution is -2.49. The fourth-order valence-corrected chi connectivity index (χ4v) is 2.05. The number of carbonyl (C=O) groups excluding carboxylic acids is 2. The molecule has 0 aliphatic carbocycles. The zero-order valence-electron chi connectivity index (χ0n) is 12.1. The summed E-state index contributed by atoms with van der Waals surface area (Å²) >= 11 is 0. The maximum Gasteiger partial charge on any atom is 0.240 e. The Morgan fingerprint density at radius 2 is 1.80 bits per heavy atom. The highest BCUT2D eigenvalue weighted by Gasteiger charge is 2.23. The molecule has 0 saturated heterocycles. The third-order valence-electron chi connectivity index (χ3n) is 2.86. The standard InChI is InChI=1S/C15H23N3O2/c1-11(2)9-18(10-14(17)19)15(20)13(16)8-12-6-4-3-5-7-12/h3-7,11,13H,8-10,16H2,1-2H3,(H2,17,19)/t13-/m0/s1. The van der Waals surface area contributed by atoms with Crippen molar-refractivity contribution in [2.75, 3.05) is 13.1 Å². The Labute approximate surface area is 119 Å². The van der Waals surface area contributed by atoms with Crippen LogP contribution in [0.15, 0.2) is 30.3 Å². The van der Waals surface area contributed by atoms with Gasteiger partial charge < -0.3 is 16.4 Å². The highest BCUT2D eigenvalue weighted by molar-refractivity contribution is 5.87. The van der Waals surface area contributed by atoms with Crippen molar-refractivity contribution in [2.45, 2.75) is 26.3 Å². The van der Waals surface area contributed by atoms with Gasteiger partial charge in [-0.2, -0.15) is 0 Å². The Balaban J connectivity index is 2.69. The molecule has 0 aromatic heterocycles. The first-order chi connectivity index (χ1) is 9.40. The summed E-state index contributed by atoms with van der Waals surface area (Å²) in [5.41, 5.74) is 12.1. The van der Waals surface area contributed by atoms with Crippen LogP contribution < -0.4 is 11.5 Å². The van der Waals surface area contributed by atoms with Crippen LogP contribution in [-0.4, -0.2) is 35.8 Å². The van der Waals surface area contributed by atoms with Gasteiger partial charge in [-0.15, -0.1) is 0 Å². The smallest absolute Gasteiger partial charge is 0.240 e. The van der Waals surface area contributed by atoms with Crippen LogP contribution in [0.5, 0.6) is 0 Å². The summed E-state index contributed by atoms with van der Waals surface area (Å²) in [7, 11) is 0. The number of nitrogens with zero attached hydrogens (tertiary/aromatic N) is 1. The molecule has 2 amide bonds. The van der Waals surface area contributed by atoms with Gasteiger partial charge in [-0.25, -0.2) is 0 Å². The number of primary amides is 1. The second kappa shape index (κ2) is 7.65. The maximum atomic E-state index is 12.3. The van der Waals surface area contributed by atoms with E-state index in [1.54, 1.807) is 0 Å². The lowest BCUT2D eigenvalue weighted by atomic mass is 10.0. The fourth-order valence-electron chi connectivity index (χ4n) is 2.05. The van der Waals surface area contributed by atoms with Crippen molar-refractivity contribution in [3.8, 4) is 0 Å². The average Bonchev–Trinajstić information content (AvgIpc) is 2.37. The number of benzene rings is 1. The van der Waals surface area contributed by atoms with Gasteiger partial charge in [-0.05, 0) is 17.9 Å². The quantitative estimate of drug-likeness (QED) is 0.761. The predicted molar refractivity (Wildman–Crippen MR) is 78.7 cm³/mol. The summed E-state index contributed by atoms with van der Waals surface area (Å²) in [6.45, 7) is 4.34. The van der Waals surface area contributed by atoms with E-state index >= 15 is 0 Å². The van der Waals surface area contributed by atoms with Gasteiger partial charge in [0.1, 0.15) is 0 Å². The molecule has 0 spiro atoms. The molecule has 1 aromatic rings. The molecule has 5 heteroatoms. The zero-order valence-corrected chi connectivity index (χ0v) is 12.1. The Morgan fingerprint density at radius 3 is 2.30 bits per heavy atom. The minimum absolute atomic E-state index is 0.0838. The van der Waals surface area contributed by atoms with Gasteiger partial charge in [-0.3, -0.25) is 9.59 Å². The van der Waals surface area contributed by atoms with E-state index in [9.17, 15) is 9.59 Å². The van der Waals surface area contributed by atoms with E-state index in [-0.39, 0.29) is 18.4 Å². The minimum Gasteiger partial charge on any atom is -0.368 e. The molecule has 0 bridgehead atoms. The molecule has 110 valence electrons. The number of amides is 2. The Hall–Kier alpha value is -1.88. The van der Waals surface area contributed by atoms with Gasteiger partial charge in [0.15, 0.2) is 0 Å². The average molecular weight is 277 g/mol. The molecule has 5 nitrogen and oxygen atoms in total. The number of nitrogens with two attached hydrogens (primary N) is 2. The van der Waals surface area contributed by atoms with Gasteiger partial charge in [0.05, 0.1) is 12.6 Å². The lowest BCUT2D eigenvalue weighted by Gasteiger charge is -2.26. The fraction of sp³-hybridized carbons (Fsp3) is 0.467. The normalized spacial score (nSPS) is 12.2. The molecule has 0 radical (unpaired) electrons. The van der Waals surface area contributed by atoms with Gasteiger partial charge in [0.25, 0.3) is 0 Å². The second-order valence-electron chi connectivity index (χ2n) is 5.38. The minimum atomic E-state index is -0.657. The monoisotopic (exact) mass is 277 g/mol. The van der Waals surface area contributed by atoms with E-state index in [0.29, 0.717) is 13.0 Å². The van der Waals surface area contributed by atoms with Crippen LogP contribution in [0, 0.1) is 5.92 Å². The van der Waals surface area contributed by atoms with Crippen molar-refractivity contribution in [3.63, 3.8) is 0 Å². The number of hydrogen-bond donors (Lipinski definition) is 2. The Kier molecular flexibility index (Phi) is 6.18. The van der Waals surface area contributed by atoms with E-state index in [0.717, 1.165) is 5.56 Å². The highest BCUT2D eigenvalue weighted by atomic mass is 16.2. The Bertz CT molecular complexity index is 446. The van der Waals surface area contributed by atoms with Crippen LogP contribution in [0.2, 0.25) is 0 Å². The van der Waals surface area contributed by atoms with Crippen LogP contribution in [0.3, 0.4) is 0 Å². The van der Waals surface area contributed by atoms with Gasteiger partial charge in [-0.1, -0.05) is 44.2 Å². The molecule has 0 fully saturated rings. The summed E-state index contributed by atoms with van der Waals surface area (Å²) in [6, 6.07) is 8.91. The third kappa shape index (κ3) is 5.40. The largest absolute Gasteiger partial charge is 0.368 e. The van der Waals surface area contributed by atoms with E-state index in [1.165, 1.54) is 4.90 Å². The molecular weight excluding hydrogens is 254 g/mol. The summed E-state index contributed by atoms with van der Waals surface area (Å²) in [4.78, 5) is 24.8. The first-order valence-corrected chi connectivity index (χ1v) is 6.76. The summed E-state index contributed by atoms with van der Waals surface area (Å²) in [5.74, 6) is -0.505. The maximum absolute atomic E-state index is 12.3. The van der Waals surface area contributed by atoms with Crippen LogP contribution in [-0.2, 0) is 16.0 Å². The van der Waals surface area contributed by atoms with Crippen LogP contribution >= 0.6 is 0 Å². The van der Waals surface area contributed by atoms with Crippen molar-refractivity contribution < 1.29 is 9.59 Å². The van der Waals surface area contributed by atoms with Crippen molar-refractivity contribution in [3.05, 3.63) is 35.9 Å². The zero-order chi connectivity index (χ0) is 15.1. The molecule has 0 unspecified atom stereocenters. The van der Waals surface area contributed by atoms with E-state index in [1.807, 2.05) is 44.2 Å². The summed E-state index contributed by atoms with van der Waals surface area (Å²) < 4.78 is 0. The van der Waals surface area contributed by atoms with Crippen molar-refractivity contribution >= 4 is 11.8 Å². The van der Waals surface area contributed by atoms with E-state index < -0.39 is 11.9 Å². The van der Waals surface area contributed by atoms with Crippen molar-refractivity contribution in [1.29, 1.82) is 0 Å². The van der Waals surface area contributed by atoms with Crippen LogP contribution in [0.25, 0.3) is 0 Å². The molecule has 1 aromatic carbocycles. The molecule has 20 heavy (non-hydrogen) atoms. The number of carbonyl (C=O) groups is 2. The SMILES string of the molecule is CC(C)CN(CC(N)=O)C(=O)[C@@H](N)Cc1ccccc1. The van der Waals surface area contributed by atoms with Gasteiger partial charge in [0, 0.05) is 6.54 Å². The highest BCUT2D eigenvalue weighted by Crippen LogP contribution is 2.06. The molecular formula is C15H23N3O2. The van der Waals surface area contributed by atoms with Crippen molar-refractivity contribution in [2.24, 2.45) is 17.4 Å². The predicted octanol–water partition coefficient (Wildman–Crippen LogP) is 0.526. The van der Waals surface area contributed by atoms with Crippen LogP contribution in [0.1, 0.15) is 19.4 Å². The van der Waals surface area contributed by atoms with E-state index in [2.05, 4.69) is 0 Å². The number of rotatable bonds is 7. The molecule has 4 N–H and O–H groups in total. The summed E-state index contributed by atoms with van der Waals surface area (Å²) in [5, 5.41) is 0. The topological polar surface area (TPSA) is 89.4 Å². The number of hydrogen-bond acceptors (Lipinski definition) is 3. The first kappa shape index (κ1) is 16.2. The molecule has 1 atom stereocenters. The van der Waals surface area contributed by atoms with Gasteiger partial charge in [0.2, 0.25) is 11.8 Å².